The van der Waals surface area contributed by atoms with E-state index in [9.17, 15) is 0 Å². The van der Waals surface area contributed by atoms with Gasteiger partial charge in [0.15, 0.2) is 0 Å². The minimum absolute atomic E-state index is 0.0988. The second kappa shape index (κ2) is 2.98. The normalized spacial score (nSPS) is 8.00. The van der Waals surface area contributed by atoms with Crippen molar-refractivity contribution in [2.45, 2.75) is 0 Å². The second-order valence-electron chi connectivity index (χ2n) is 0.521. The van der Waals surface area contributed by atoms with E-state index in [0.717, 1.165) is 0 Å². The van der Waals surface area contributed by atoms with Crippen molar-refractivity contribution < 1.29 is 0 Å². The van der Waals surface area contributed by atoms with Gasteiger partial charge >= 0.3 is 0 Å². The summed E-state index contributed by atoms with van der Waals surface area (Å²) in [6.45, 7) is 0. The lowest BCUT2D eigenvalue weighted by Gasteiger charge is -1.75. The molecular formula is C2Cl4. The third-order valence-corrected chi connectivity index (χ3v) is 1.29. The minimum atomic E-state index is -0.0988. The zero-order chi connectivity index (χ0) is 5.15. The second-order valence-corrected chi connectivity index (χ2v) is 2.42. The Bertz CT molecular complexity index is 55.6. The molecule has 0 spiro atoms. The van der Waals surface area contributed by atoms with Gasteiger partial charge in [0.1, 0.15) is 8.98 Å². The summed E-state index contributed by atoms with van der Waals surface area (Å²) < 4.78 is -0.198. The van der Waals surface area contributed by atoms with Gasteiger partial charge in [-0.25, -0.2) is 0 Å². The summed E-state index contributed by atoms with van der Waals surface area (Å²) in [6.07, 6.45) is 0. The van der Waals surface area contributed by atoms with Crippen LogP contribution in [0, 0.1) is 0 Å². The number of hydrogen-bond acceptors (Lipinski definition) is 0. The third kappa shape index (κ3) is 3.10. The molecule has 0 aliphatic carbocycles. The zero-order valence-corrected chi connectivity index (χ0v) is 5.54. The molecule has 6 heavy (non-hydrogen) atoms. The van der Waals surface area contributed by atoms with Crippen LogP contribution < -0.4 is 0 Å². The van der Waals surface area contributed by atoms with Gasteiger partial charge in [-0.1, -0.05) is 46.4 Å². The lowest BCUT2D eigenvalue weighted by Crippen LogP contribution is -1.47. The third-order valence-electron chi connectivity index (χ3n) is 0.143. The average molecular weight is 168 g/mol. The highest BCUT2D eigenvalue weighted by molar-refractivity contribution is 6.67. The van der Waals surface area contributed by atoms with Crippen molar-refractivity contribution in [3.8, 4) is 0 Å². The molecule has 0 atom stereocenters. The summed E-state index contributed by atoms with van der Waals surface area (Å²) in [4.78, 5) is 0. The summed E-state index contributed by atoms with van der Waals surface area (Å²) >= 11 is 20.0. The Balaban J connectivity index is 3.68. The summed E-state index contributed by atoms with van der Waals surface area (Å²) in [5.74, 6) is 0. The first-order valence-electron chi connectivity index (χ1n) is 1.01. The van der Waals surface area contributed by atoms with Crippen molar-refractivity contribution in [3.63, 3.8) is 0 Å². The first kappa shape index (κ1) is 6.90. The Kier molecular flexibility index (Phi) is 3.42. The molecule has 0 amide bonds. The highest BCUT2D eigenvalue weighted by Gasteiger charge is 1.88. The fourth-order valence-electron chi connectivity index (χ4n) is 0. The molecule has 0 N–H and O–H groups in total. The van der Waals surface area contributed by atoms with E-state index in [0.29, 0.717) is 0 Å². The van der Waals surface area contributed by atoms with Crippen LogP contribution in [0.1, 0.15) is 0 Å². The predicted octanol–water partition coefficient (Wildman–Crippen LogP) is 3.07. The number of hydrogen-bond donors (Lipinski definition) is 0. The van der Waals surface area contributed by atoms with Crippen LogP contribution in [0.3, 0.4) is 0 Å². The van der Waals surface area contributed by atoms with Crippen molar-refractivity contribution in [1.82, 2.24) is 0 Å². The topological polar surface area (TPSA) is 0 Å². The van der Waals surface area contributed by atoms with E-state index >= 15 is 0 Å². The van der Waals surface area contributed by atoms with E-state index in [4.69, 9.17) is 46.4 Å². The van der Waals surface area contributed by atoms with E-state index in [1.54, 1.807) is 0 Å². The van der Waals surface area contributed by atoms with E-state index in [2.05, 4.69) is 0 Å². The highest BCUT2D eigenvalue weighted by Crippen LogP contribution is 2.20. The van der Waals surface area contributed by atoms with Gasteiger partial charge < -0.3 is 0 Å². The van der Waals surface area contributed by atoms with E-state index in [1.807, 2.05) is 0 Å². The zero-order valence-electron chi connectivity index (χ0n) is 2.51. The van der Waals surface area contributed by atoms with Crippen LogP contribution in [-0.4, -0.2) is 0 Å². The van der Waals surface area contributed by atoms with Crippen molar-refractivity contribution >= 4 is 46.4 Å². The summed E-state index contributed by atoms with van der Waals surface area (Å²) in [5, 5.41) is 0. The lowest BCUT2D eigenvalue weighted by atomic mass is 12.2. The molecule has 0 aliphatic rings. The molecule has 0 saturated heterocycles. The highest BCUT2D eigenvalue weighted by atomic mass is 35.5. The van der Waals surface area contributed by atoms with Crippen LogP contribution in [0.25, 0.3) is 0 Å². The van der Waals surface area contributed by atoms with Gasteiger partial charge in [0.2, 0.25) is 0 Å². The van der Waals surface area contributed by atoms with Gasteiger partial charge in [0.05, 0.1) is 0 Å². The molecule has 4 heteroatoms. The fraction of sp³-hybridized carbons (Fsp3) is 0. The van der Waals surface area contributed by atoms with Gasteiger partial charge in [-0.15, -0.1) is 0 Å². The minimum Gasteiger partial charge on any atom is -0.0682 e. The molecule has 0 rings (SSSR count). The molecular weight excluding hydrogens is 168 g/mol. The van der Waals surface area contributed by atoms with Crippen molar-refractivity contribution in [2.75, 3.05) is 0 Å². The van der Waals surface area contributed by atoms with E-state index in [-0.39, 0.29) is 8.98 Å². The van der Waals surface area contributed by atoms with Crippen molar-refractivity contribution in [2.24, 2.45) is 0 Å². The molecule has 0 aromatic rings. The summed E-state index contributed by atoms with van der Waals surface area (Å²) in [6, 6.07) is 0. The molecule has 0 aromatic carbocycles. The SMILES string of the molecule is Cl[13C](Cl)=[13C](Cl)Cl. The van der Waals surface area contributed by atoms with Gasteiger partial charge in [-0.2, -0.15) is 0 Å². The van der Waals surface area contributed by atoms with Gasteiger partial charge in [-0.05, 0) is 0 Å². The van der Waals surface area contributed by atoms with Gasteiger partial charge in [0, 0.05) is 0 Å². The van der Waals surface area contributed by atoms with Gasteiger partial charge in [0.25, 0.3) is 0 Å². The average Bonchev–Trinajstić information content (AvgIpc) is 1.36. The first-order chi connectivity index (χ1) is 2.64. The smallest absolute Gasteiger partial charge is 0.0682 e. The molecule has 0 saturated carbocycles. The molecule has 0 radical (unpaired) electrons. The Morgan fingerprint density at radius 3 is 0.833 bits per heavy atom. The molecule has 0 unspecified atom stereocenters. The van der Waals surface area contributed by atoms with Crippen LogP contribution in [0.2, 0.25) is 0 Å². The Labute approximate surface area is 55.6 Å². The van der Waals surface area contributed by atoms with Crippen LogP contribution in [0.4, 0.5) is 0 Å². The molecule has 0 heterocycles. The molecule has 0 nitrogen and oxygen atoms in total. The first-order valence-corrected chi connectivity index (χ1v) is 2.52. The maximum Gasteiger partial charge on any atom is 0.136 e. The maximum absolute atomic E-state index is 4.99. The van der Waals surface area contributed by atoms with E-state index < -0.39 is 0 Å². The number of rotatable bonds is 0. The quantitative estimate of drug-likeness (QED) is 0.487. The molecule has 0 aromatic heterocycles. The summed E-state index contributed by atoms with van der Waals surface area (Å²) in [5.41, 5.74) is 0. The van der Waals surface area contributed by atoms with Crippen LogP contribution in [-0.2, 0) is 0 Å². The van der Waals surface area contributed by atoms with Crippen molar-refractivity contribution in [1.29, 1.82) is 0 Å². The Morgan fingerprint density at radius 2 is 0.833 bits per heavy atom. The molecule has 0 bridgehead atoms. The molecule has 0 aliphatic heterocycles. The lowest BCUT2D eigenvalue weighted by molar-refractivity contribution is 2.25. The van der Waals surface area contributed by atoms with Crippen LogP contribution in [0.5, 0.6) is 0 Å². The van der Waals surface area contributed by atoms with E-state index in [1.165, 1.54) is 0 Å². The molecule has 0 fully saturated rings. The fourth-order valence-corrected chi connectivity index (χ4v) is 0. The van der Waals surface area contributed by atoms with Crippen LogP contribution >= 0.6 is 46.4 Å². The summed E-state index contributed by atoms with van der Waals surface area (Å²) in [7, 11) is 0. The maximum atomic E-state index is 4.99. The molecule has 36 valence electrons. The monoisotopic (exact) mass is 166 g/mol. The Hall–Kier alpha value is 0.900. The number of halogens is 4. The van der Waals surface area contributed by atoms with Crippen LogP contribution in [0.15, 0.2) is 8.98 Å². The standard InChI is InChI=1S/C2Cl4/c3-1(4)2(5)6/i1+1,2+1. The Morgan fingerprint density at radius 1 is 0.667 bits per heavy atom. The predicted molar refractivity (Wildman–Crippen MR) is 30.4 cm³/mol. The largest absolute Gasteiger partial charge is 0.136 e. The van der Waals surface area contributed by atoms with Gasteiger partial charge in [-0.3, -0.25) is 0 Å². The van der Waals surface area contributed by atoms with Crippen molar-refractivity contribution in [3.05, 3.63) is 8.98 Å².